The summed E-state index contributed by atoms with van der Waals surface area (Å²) in [6, 6.07) is 14.7. The van der Waals surface area contributed by atoms with Gasteiger partial charge in [0.05, 0.1) is 0 Å². The molecule has 0 spiro atoms. The topological polar surface area (TPSA) is 52.6 Å². The van der Waals surface area contributed by atoms with E-state index in [0.29, 0.717) is 17.7 Å². The smallest absolute Gasteiger partial charge is 0.191 e. The number of guanidine groups is 1. The minimum absolute atomic E-state index is 0. The number of hydrogen-bond acceptors (Lipinski definition) is 3. The fraction of sp³-hybridized carbons (Fsp3) is 0.333. The van der Waals surface area contributed by atoms with Crippen molar-refractivity contribution in [2.45, 2.75) is 19.0 Å². The van der Waals surface area contributed by atoms with Gasteiger partial charge in [0, 0.05) is 44.6 Å². The average molecular weight is 472 g/mol. The number of rotatable bonds is 4. The van der Waals surface area contributed by atoms with E-state index in [-0.39, 0.29) is 24.0 Å². The van der Waals surface area contributed by atoms with Gasteiger partial charge in [0.25, 0.3) is 0 Å². The molecule has 7 heteroatoms. The van der Waals surface area contributed by atoms with Gasteiger partial charge in [0.15, 0.2) is 5.96 Å². The first-order chi connectivity index (χ1) is 11.7. The Balaban J connectivity index is 0.00000225. The number of benzene rings is 1. The lowest BCUT2D eigenvalue weighted by Crippen LogP contribution is -2.44. The molecule has 2 N–H and O–H groups in total. The van der Waals surface area contributed by atoms with Crippen LogP contribution in [0.5, 0.6) is 0 Å². The van der Waals surface area contributed by atoms with Gasteiger partial charge in [-0.25, -0.2) is 4.98 Å². The van der Waals surface area contributed by atoms with Crippen molar-refractivity contribution in [3.05, 3.63) is 59.4 Å². The van der Waals surface area contributed by atoms with E-state index in [2.05, 4.69) is 49.8 Å². The number of aromatic nitrogens is 1. The van der Waals surface area contributed by atoms with Gasteiger partial charge < -0.3 is 15.5 Å². The third-order valence-electron chi connectivity index (χ3n) is 4.12. The van der Waals surface area contributed by atoms with Crippen molar-refractivity contribution in [1.82, 2.24) is 15.6 Å². The van der Waals surface area contributed by atoms with Crippen LogP contribution in [-0.2, 0) is 6.54 Å². The van der Waals surface area contributed by atoms with E-state index in [9.17, 15) is 0 Å². The minimum Gasteiger partial charge on any atom is -0.369 e. The van der Waals surface area contributed by atoms with Crippen LogP contribution in [0, 0.1) is 0 Å². The Kier molecular flexibility index (Phi) is 7.77. The van der Waals surface area contributed by atoms with Crippen molar-refractivity contribution >= 4 is 47.2 Å². The molecule has 0 amide bonds. The first-order valence-corrected chi connectivity index (χ1v) is 8.50. The van der Waals surface area contributed by atoms with Gasteiger partial charge in [0.2, 0.25) is 0 Å². The fourth-order valence-electron chi connectivity index (χ4n) is 2.84. The monoisotopic (exact) mass is 471 g/mol. The number of pyridine rings is 1. The number of anilines is 1. The van der Waals surface area contributed by atoms with Crippen LogP contribution in [0.4, 0.5) is 5.69 Å². The number of halogens is 2. The van der Waals surface area contributed by atoms with E-state index < -0.39 is 0 Å². The molecule has 3 rings (SSSR count). The molecule has 1 aliphatic rings. The van der Waals surface area contributed by atoms with Crippen molar-refractivity contribution in [3.63, 3.8) is 0 Å². The first-order valence-electron chi connectivity index (χ1n) is 8.12. The summed E-state index contributed by atoms with van der Waals surface area (Å²) in [5.74, 6) is 0.810. The summed E-state index contributed by atoms with van der Waals surface area (Å²) >= 11 is 5.81. The number of para-hydroxylation sites is 1. The van der Waals surface area contributed by atoms with Gasteiger partial charge in [-0.3, -0.25) is 4.99 Å². The van der Waals surface area contributed by atoms with Crippen LogP contribution in [-0.4, -0.2) is 37.1 Å². The molecule has 1 fully saturated rings. The van der Waals surface area contributed by atoms with Gasteiger partial charge in [-0.05, 0) is 30.2 Å². The highest BCUT2D eigenvalue weighted by atomic mass is 127. The quantitative estimate of drug-likeness (QED) is 0.311. The van der Waals surface area contributed by atoms with Crippen LogP contribution in [0.3, 0.4) is 0 Å². The highest BCUT2D eigenvalue weighted by molar-refractivity contribution is 14.0. The summed E-state index contributed by atoms with van der Waals surface area (Å²) in [5.41, 5.74) is 2.34. The van der Waals surface area contributed by atoms with Gasteiger partial charge >= 0.3 is 0 Å². The Morgan fingerprint density at radius 1 is 1.28 bits per heavy atom. The van der Waals surface area contributed by atoms with E-state index in [4.69, 9.17) is 11.6 Å². The Bertz CT molecular complexity index is 678. The lowest BCUT2D eigenvalue weighted by molar-refractivity contribution is 0.648. The zero-order valence-corrected chi connectivity index (χ0v) is 17.2. The lowest BCUT2D eigenvalue weighted by atomic mass is 10.2. The number of aliphatic imine (C=N–C) groups is 1. The minimum atomic E-state index is 0. The van der Waals surface area contributed by atoms with E-state index in [1.807, 2.05) is 12.1 Å². The molecule has 0 aliphatic carbocycles. The van der Waals surface area contributed by atoms with Crippen LogP contribution in [0.2, 0.25) is 5.15 Å². The molecule has 5 nitrogen and oxygen atoms in total. The van der Waals surface area contributed by atoms with Crippen molar-refractivity contribution < 1.29 is 0 Å². The molecule has 2 aromatic rings. The summed E-state index contributed by atoms with van der Waals surface area (Å²) in [6.45, 7) is 2.70. The number of hydrogen-bond donors (Lipinski definition) is 2. The molecule has 1 saturated heterocycles. The van der Waals surface area contributed by atoms with Crippen LogP contribution in [0.25, 0.3) is 0 Å². The summed E-state index contributed by atoms with van der Waals surface area (Å²) in [7, 11) is 1.79. The zero-order chi connectivity index (χ0) is 16.8. The van der Waals surface area contributed by atoms with Crippen molar-refractivity contribution in [2.75, 3.05) is 25.0 Å². The maximum Gasteiger partial charge on any atom is 0.191 e. The first kappa shape index (κ1) is 19.8. The molecule has 1 aromatic heterocycles. The highest BCUT2D eigenvalue weighted by Crippen LogP contribution is 2.19. The molecule has 25 heavy (non-hydrogen) atoms. The van der Waals surface area contributed by atoms with E-state index >= 15 is 0 Å². The second-order valence-corrected chi connectivity index (χ2v) is 6.21. The molecule has 1 aliphatic heterocycles. The summed E-state index contributed by atoms with van der Waals surface area (Å²) in [5, 5.41) is 7.33. The van der Waals surface area contributed by atoms with E-state index in [0.717, 1.165) is 31.0 Å². The molecule has 1 aromatic carbocycles. The van der Waals surface area contributed by atoms with Crippen LogP contribution < -0.4 is 15.5 Å². The number of nitrogens with zero attached hydrogens (tertiary/aromatic N) is 3. The lowest BCUT2D eigenvalue weighted by Gasteiger charge is -2.20. The maximum atomic E-state index is 5.81. The molecular formula is C18H23ClIN5. The highest BCUT2D eigenvalue weighted by Gasteiger charge is 2.23. The van der Waals surface area contributed by atoms with E-state index in [1.165, 1.54) is 5.69 Å². The van der Waals surface area contributed by atoms with Crippen molar-refractivity contribution in [1.29, 1.82) is 0 Å². The predicted octanol–water partition coefficient (Wildman–Crippen LogP) is 3.30. The summed E-state index contributed by atoms with van der Waals surface area (Å²) in [4.78, 5) is 10.8. The largest absolute Gasteiger partial charge is 0.369 e. The number of nitrogens with one attached hydrogen (secondary N) is 2. The Hall–Kier alpha value is -1.54. The Labute approximate surface area is 170 Å². The van der Waals surface area contributed by atoms with Gasteiger partial charge in [-0.1, -0.05) is 35.9 Å². The fourth-order valence-corrected chi connectivity index (χ4v) is 2.95. The average Bonchev–Trinajstić information content (AvgIpc) is 3.09. The second-order valence-electron chi connectivity index (χ2n) is 5.83. The molecule has 0 bridgehead atoms. The van der Waals surface area contributed by atoms with Crippen LogP contribution in [0.15, 0.2) is 53.7 Å². The zero-order valence-electron chi connectivity index (χ0n) is 14.2. The predicted molar refractivity (Wildman–Crippen MR) is 115 cm³/mol. The molecule has 1 atom stereocenters. The SMILES string of the molecule is CN=C(NCc1ccc(Cl)nc1)NC1CCN(c2ccccc2)C1.I. The molecule has 2 heterocycles. The Morgan fingerprint density at radius 3 is 2.76 bits per heavy atom. The van der Waals surface area contributed by atoms with E-state index in [1.54, 1.807) is 19.3 Å². The maximum absolute atomic E-state index is 5.81. The van der Waals surface area contributed by atoms with Gasteiger partial charge in [-0.15, -0.1) is 24.0 Å². The normalized spacial score (nSPS) is 17.1. The Morgan fingerprint density at radius 2 is 2.08 bits per heavy atom. The molecular weight excluding hydrogens is 449 g/mol. The molecule has 134 valence electrons. The van der Waals surface area contributed by atoms with Crippen LogP contribution >= 0.6 is 35.6 Å². The van der Waals surface area contributed by atoms with Gasteiger partial charge in [0.1, 0.15) is 5.15 Å². The third kappa shape index (κ3) is 5.74. The molecule has 0 saturated carbocycles. The second kappa shape index (κ2) is 9.82. The molecule has 1 unspecified atom stereocenters. The van der Waals surface area contributed by atoms with Crippen molar-refractivity contribution in [3.8, 4) is 0 Å². The van der Waals surface area contributed by atoms with Crippen molar-refractivity contribution in [2.24, 2.45) is 4.99 Å². The molecule has 0 radical (unpaired) electrons. The standard InChI is InChI=1S/C18H22ClN5.HI/c1-20-18(22-12-14-7-8-17(19)21-11-14)23-15-9-10-24(13-15)16-5-3-2-4-6-16;/h2-8,11,15H,9-10,12-13H2,1H3,(H2,20,22,23);1H. The summed E-state index contributed by atoms with van der Waals surface area (Å²) < 4.78 is 0. The van der Waals surface area contributed by atoms with Crippen LogP contribution in [0.1, 0.15) is 12.0 Å². The van der Waals surface area contributed by atoms with Gasteiger partial charge in [-0.2, -0.15) is 0 Å². The third-order valence-corrected chi connectivity index (χ3v) is 4.35. The summed E-state index contributed by atoms with van der Waals surface area (Å²) in [6.07, 6.45) is 2.87.